The van der Waals surface area contributed by atoms with Gasteiger partial charge in [-0.05, 0) is 42.5 Å². The van der Waals surface area contributed by atoms with Crippen molar-refractivity contribution in [2.75, 3.05) is 38.0 Å². The van der Waals surface area contributed by atoms with Gasteiger partial charge in [-0.2, -0.15) is 0 Å². The van der Waals surface area contributed by atoms with Crippen LogP contribution in [0.1, 0.15) is 11.1 Å². The van der Waals surface area contributed by atoms with Crippen LogP contribution in [-0.2, 0) is 0 Å². The number of aromatic nitrogens is 1. The molecule has 7 heteroatoms. The van der Waals surface area contributed by atoms with E-state index in [-0.39, 0.29) is 5.88 Å². The minimum Gasteiger partial charge on any atom is -0.494 e. The van der Waals surface area contributed by atoms with E-state index in [1.807, 2.05) is 80.5 Å². The first-order chi connectivity index (χ1) is 12.8. The van der Waals surface area contributed by atoms with Crippen LogP contribution < -0.4 is 9.80 Å². The maximum Gasteiger partial charge on any atom is 0.207 e. The van der Waals surface area contributed by atoms with Crippen LogP contribution in [0.4, 0.5) is 11.4 Å². The van der Waals surface area contributed by atoms with Crippen molar-refractivity contribution < 1.29 is 5.11 Å². The predicted octanol–water partition coefficient (Wildman–Crippen LogP) is 4.52. The van der Waals surface area contributed by atoms with Gasteiger partial charge in [-0.3, -0.25) is 9.98 Å². The first-order valence-corrected chi connectivity index (χ1v) is 9.66. The zero-order valence-electron chi connectivity index (χ0n) is 15.7. The predicted molar refractivity (Wildman–Crippen MR) is 117 cm³/mol. The monoisotopic (exact) mass is 398 g/mol. The molecule has 0 fully saturated rings. The molecule has 1 aromatic heterocycles. The summed E-state index contributed by atoms with van der Waals surface area (Å²) in [6, 6.07) is 13.7. The van der Waals surface area contributed by atoms with Crippen LogP contribution in [0, 0.1) is 9.36 Å². The molecule has 3 rings (SSSR count). The molecular formula is C20H22N4OS2. The third-order valence-corrected chi connectivity index (χ3v) is 5.54. The van der Waals surface area contributed by atoms with Crippen molar-refractivity contribution in [2.45, 2.75) is 0 Å². The van der Waals surface area contributed by atoms with Gasteiger partial charge in [0.25, 0.3) is 0 Å². The highest BCUT2D eigenvalue weighted by Gasteiger charge is 2.16. The van der Waals surface area contributed by atoms with E-state index >= 15 is 0 Å². The van der Waals surface area contributed by atoms with Gasteiger partial charge < -0.3 is 14.9 Å². The molecule has 5 nitrogen and oxygen atoms in total. The van der Waals surface area contributed by atoms with Crippen LogP contribution in [0.25, 0.3) is 5.69 Å². The molecule has 0 bridgehead atoms. The summed E-state index contributed by atoms with van der Waals surface area (Å²) in [5, 5.41) is 20.7. The fourth-order valence-electron chi connectivity index (χ4n) is 2.80. The van der Waals surface area contributed by atoms with Gasteiger partial charge in [0.15, 0.2) is 3.95 Å². The smallest absolute Gasteiger partial charge is 0.207 e. The molecule has 0 aliphatic heterocycles. The van der Waals surface area contributed by atoms with Crippen molar-refractivity contribution in [3.8, 4) is 11.6 Å². The summed E-state index contributed by atoms with van der Waals surface area (Å²) >= 11 is 6.70. The van der Waals surface area contributed by atoms with Crippen LogP contribution in [0.15, 0.2) is 47.8 Å². The Balaban J connectivity index is 2.14. The molecular weight excluding hydrogens is 376 g/mol. The Kier molecular flexibility index (Phi) is 5.34. The summed E-state index contributed by atoms with van der Waals surface area (Å²) in [4.78, 5) is 4.00. The van der Waals surface area contributed by atoms with Gasteiger partial charge in [0.2, 0.25) is 5.88 Å². The van der Waals surface area contributed by atoms with Crippen LogP contribution in [-0.4, -0.2) is 43.6 Å². The Bertz CT molecular complexity index is 1030. The van der Waals surface area contributed by atoms with Gasteiger partial charge >= 0.3 is 0 Å². The molecule has 140 valence electrons. The molecule has 0 saturated heterocycles. The zero-order chi connectivity index (χ0) is 19.7. The van der Waals surface area contributed by atoms with Gasteiger partial charge in [0.05, 0.1) is 16.8 Å². The Morgan fingerprint density at radius 1 is 1.00 bits per heavy atom. The third kappa shape index (κ3) is 3.74. The topological polar surface area (TPSA) is 55.5 Å². The quantitative estimate of drug-likeness (QED) is 0.490. The number of hydrogen-bond acceptors (Lipinski definition) is 6. The van der Waals surface area contributed by atoms with Gasteiger partial charge in [-0.15, -0.1) is 11.3 Å². The lowest BCUT2D eigenvalue weighted by Crippen LogP contribution is -2.13. The molecule has 27 heavy (non-hydrogen) atoms. The summed E-state index contributed by atoms with van der Waals surface area (Å²) in [7, 11) is 7.88. The second-order valence-corrected chi connectivity index (χ2v) is 8.11. The number of benzene rings is 2. The van der Waals surface area contributed by atoms with Crippen molar-refractivity contribution in [1.29, 1.82) is 5.41 Å². The molecule has 2 N–H and O–H groups in total. The lowest BCUT2D eigenvalue weighted by molar-refractivity contribution is 0.442. The molecule has 0 aliphatic rings. The molecule has 2 aromatic carbocycles. The Labute approximate surface area is 168 Å². The van der Waals surface area contributed by atoms with E-state index in [0.29, 0.717) is 20.9 Å². The highest BCUT2D eigenvalue weighted by atomic mass is 32.1. The van der Waals surface area contributed by atoms with E-state index in [4.69, 9.17) is 17.6 Å². The summed E-state index contributed by atoms with van der Waals surface area (Å²) in [5.74, 6) is 0.0814. The lowest BCUT2D eigenvalue weighted by Gasteiger charge is -2.19. The summed E-state index contributed by atoms with van der Waals surface area (Å²) in [5.41, 5.74) is 4.65. The van der Waals surface area contributed by atoms with E-state index in [9.17, 15) is 5.11 Å². The zero-order valence-corrected chi connectivity index (χ0v) is 17.4. The third-order valence-electron chi connectivity index (χ3n) is 4.36. The fourth-order valence-corrected chi connectivity index (χ4v) is 3.75. The molecule has 0 spiro atoms. The van der Waals surface area contributed by atoms with Gasteiger partial charge in [-0.25, -0.2) is 0 Å². The molecule has 0 radical (unpaired) electrons. The molecule has 0 unspecified atom stereocenters. The van der Waals surface area contributed by atoms with Crippen molar-refractivity contribution in [3.63, 3.8) is 0 Å². The van der Waals surface area contributed by atoms with Gasteiger partial charge in [0, 0.05) is 50.7 Å². The van der Waals surface area contributed by atoms with Crippen LogP contribution >= 0.6 is 23.6 Å². The molecule has 1 heterocycles. The summed E-state index contributed by atoms with van der Waals surface area (Å²) in [6.45, 7) is 0. The number of nitrogens with one attached hydrogen (secondary N) is 1. The van der Waals surface area contributed by atoms with E-state index < -0.39 is 0 Å². The number of thiazole rings is 1. The Morgan fingerprint density at radius 2 is 1.59 bits per heavy atom. The molecule has 0 amide bonds. The number of anilines is 2. The van der Waals surface area contributed by atoms with Gasteiger partial charge in [0.1, 0.15) is 0 Å². The minimum atomic E-state index is 0.0814. The number of rotatable bonds is 5. The lowest BCUT2D eigenvalue weighted by atomic mass is 9.99. The van der Waals surface area contributed by atoms with E-state index in [0.717, 1.165) is 16.9 Å². The molecule has 3 aromatic rings. The van der Waals surface area contributed by atoms with Crippen LogP contribution in [0.5, 0.6) is 5.88 Å². The van der Waals surface area contributed by atoms with Crippen molar-refractivity contribution >= 4 is 40.6 Å². The van der Waals surface area contributed by atoms with Crippen LogP contribution in [0.2, 0.25) is 0 Å². The highest BCUT2D eigenvalue weighted by Crippen LogP contribution is 2.30. The second-order valence-electron chi connectivity index (χ2n) is 6.61. The normalized spacial score (nSPS) is 10.7. The van der Waals surface area contributed by atoms with Crippen molar-refractivity contribution in [1.82, 2.24) is 4.57 Å². The standard InChI is InChI=1S/C20H22N4OS2/c1-22(2)14-7-5-13(6-8-14)19(21)16-10-9-15(23(3)4)11-17(16)24-18(25)12-27-20(24)26/h5-12,21,25H,1-4H3. The maximum absolute atomic E-state index is 10.3. The second kappa shape index (κ2) is 7.54. The van der Waals surface area contributed by atoms with E-state index in [1.165, 1.54) is 11.3 Å². The summed E-state index contributed by atoms with van der Waals surface area (Å²) in [6.07, 6.45) is 0. The first-order valence-electron chi connectivity index (χ1n) is 8.37. The number of aromatic hydroxyl groups is 1. The Morgan fingerprint density at radius 3 is 2.11 bits per heavy atom. The minimum absolute atomic E-state index is 0.0814. The average molecular weight is 399 g/mol. The van der Waals surface area contributed by atoms with Crippen LogP contribution in [0.3, 0.4) is 0 Å². The first kappa shape index (κ1) is 19.1. The summed E-state index contributed by atoms with van der Waals surface area (Å²) < 4.78 is 2.16. The Hall–Kier alpha value is -2.64. The fraction of sp³-hybridized carbons (Fsp3) is 0.200. The SMILES string of the molecule is CN(C)c1ccc(C(=N)c2ccc(N(C)C)cc2-n2c(O)csc2=S)cc1. The maximum atomic E-state index is 10.3. The van der Waals surface area contributed by atoms with E-state index in [2.05, 4.69) is 0 Å². The number of nitrogens with zero attached hydrogens (tertiary/aromatic N) is 3. The van der Waals surface area contributed by atoms with Crippen molar-refractivity contribution in [3.05, 3.63) is 62.9 Å². The van der Waals surface area contributed by atoms with E-state index in [1.54, 1.807) is 9.95 Å². The average Bonchev–Trinajstić information content (AvgIpc) is 2.99. The molecule has 0 aliphatic carbocycles. The van der Waals surface area contributed by atoms with Crippen molar-refractivity contribution in [2.24, 2.45) is 0 Å². The molecule has 0 saturated carbocycles. The van der Waals surface area contributed by atoms with Gasteiger partial charge in [-0.1, -0.05) is 12.1 Å². The highest BCUT2D eigenvalue weighted by molar-refractivity contribution is 7.73. The molecule has 0 atom stereocenters. The number of hydrogen-bond donors (Lipinski definition) is 2. The largest absolute Gasteiger partial charge is 0.494 e.